The maximum Gasteiger partial charge on any atom is 0.0914 e. The van der Waals surface area contributed by atoms with Gasteiger partial charge in [-0.1, -0.05) is 24.3 Å². The molecular formula is C16H24N2O. The van der Waals surface area contributed by atoms with Crippen molar-refractivity contribution in [1.82, 2.24) is 10.2 Å². The molecule has 0 amide bonds. The first-order chi connectivity index (χ1) is 9.28. The smallest absolute Gasteiger partial charge is 0.0914 e. The minimum Gasteiger partial charge on any atom is -0.387 e. The standard InChI is InChI=1S/C16H24N2O/c1-17-10-16(19)14-4-2-12(3-5-14)15-11-18-8-6-13(15)7-9-18/h2-5,13,15-17,19H,6-11H2,1H3. The Labute approximate surface area is 115 Å². The van der Waals surface area contributed by atoms with Crippen molar-refractivity contribution in [2.75, 3.05) is 33.2 Å². The van der Waals surface area contributed by atoms with E-state index in [1.54, 1.807) is 0 Å². The van der Waals surface area contributed by atoms with Crippen LogP contribution in [0.3, 0.4) is 0 Å². The molecule has 104 valence electrons. The first kappa shape index (κ1) is 13.1. The van der Waals surface area contributed by atoms with Gasteiger partial charge < -0.3 is 15.3 Å². The molecule has 3 heterocycles. The van der Waals surface area contributed by atoms with Gasteiger partial charge >= 0.3 is 0 Å². The second-order valence-corrected chi connectivity index (χ2v) is 5.98. The lowest BCUT2D eigenvalue weighted by atomic mass is 9.75. The van der Waals surface area contributed by atoms with Crippen LogP contribution in [0, 0.1) is 5.92 Å². The topological polar surface area (TPSA) is 35.5 Å². The molecule has 0 aromatic heterocycles. The van der Waals surface area contributed by atoms with Crippen molar-refractivity contribution in [3.8, 4) is 0 Å². The number of fused-ring (bicyclic) bond motifs is 3. The van der Waals surface area contributed by atoms with Gasteiger partial charge in [-0.25, -0.2) is 0 Å². The average molecular weight is 260 g/mol. The molecule has 3 aliphatic rings. The fourth-order valence-corrected chi connectivity index (χ4v) is 3.62. The van der Waals surface area contributed by atoms with Crippen LogP contribution in [-0.4, -0.2) is 43.2 Å². The quantitative estimate of drug-likeness (QED) is 0.866. The summed E-state index contributed by atoms with van der Waals surface area (Å²) in [6.45, 7) is 4.42. The lowest BCUT2D eigenvalue weighted by Gasteiger charge is -2.45. The predicted molar refractivity (Wildman–Crippen MR) is 77.2 cm³/mol. The van der Waals surface area contributed by atoms with E-state index in [0.29, 0.717) is 12.5 Å². The number of nitrogens with zero attached hydrogens (tertiary/aromatic N) is 1. The Kier molecular flexibility index (Phi) is 3.87. The van der Waals surface area contributed by atoms with E-state index in [4.69, 9.17) is 0 Å². The molecule has 3 aliphatic heterocycles. The van der Waals surface area contributed by atoms with Crippen molar-refractivity contribution < 1.29 is 5.11 Å². The Morgan fingerprint density at radius 3 is 2.47 bits per heavy atom. The van der Waals surface area contributed by atoms with Gasteiger partial charge in [-0.2, -0.15) is 0 Å². The van der Waals surface area contributed by atoms with Gasteiger partial charge in [0.1, 0.15) is 0 Å². The zero-order chi connectivity index (χ0) is 13.2. The number of rotatable bonds is 4. The number of likely N-dealkylation sites (N-methyl/N-ethyl adjacent to an activating group) is 1. The van der Waals surface area contributed by atoms with Crippen molar-refractivity contribution >= 4 is 0 Å². The van der Waals surface area contributed by atoms with Gasteiger partial charge in [-0.3, -0.25) is 0 Å². The molecule has 0 saturated carbocycles. The molecular weight excluding hydrogens is 236 g/mol. The Hall–Kier alpha value is -0.900. The maximum atomic E-state index is 9.96. The first-order valence-corrected chi connectivity index (χ1v) is 7.43. The average Bonchev–Trinajstić information content (AvgIpc) is 2.49. The van der Waals surface area contributed by atoms with Crippen molar-refractivity contribution in [3.05, 3.63) is 35.4 Å². The molecule has 2 unspecified atom stereocenters. The van der Waals surface area contributed by atoms with Gasteiger partial charge in [0.05, 0.1) is 6.10 Å². The Bertz CT molecular complexity index is 409. The van der Waals surface area contributed by atoms with Crippen molar-refractivity contribution in [2.45, 2.75) is 24.9 Å². The van der Waals surface area contributed by atoms with Crippen molar-refractivity contribution in [3.63, 3.8) is 0 Å². The highest BCUT2D eigenvalue weighted by molar-refractivity contribution is 5.28. The predicted octanol–water partition coefficient (Wildman–Crippen LogP) is 1.75. The molecule has 0 radical (unpaired) electrons. The first-order valence-electron chi connectivity index (χ1n) is 7.43. The Morgan fingerprint density at radius 2 is 1.95 bits per heavy atom. The highest BCUT2D eigenvalue weighted by atomic mass is 16.3. The van der Waals surface area contributed by atoms with E-state index < -0.39 is 6.10 Å². The lowest BCUT2D eigenvalue weighted by molar-refractivity contribution is 0.0870. The number of benzene rings is 1. The molecule has 1 aromatic carbocycles. The lowest BCUT2D eigenvalue weighted by Crippen LogP contribution is -2.46. The normalized spacial score (nSPS) is 31.4. The van der Waals surface area contributed by atoms with Crippen LogP contribution in [0.5, 0.6) is 0 Å². The van der Waals surface area contributed by atoms with Crippen LogP contribution in [0.15, 0.2) is 24.3 Å². The van der Waals surface area contributed by atoms with E-state index in [1.165, 1.54) is 38.0 Å². The van der Waals surface area contributed by atoms with E-state index in [0.717, 1.165) is 11.5 Å². The van der Waals surface area contributed by atoms with E-state index in [9.17, 15) is 5.11 Å². The molecule has 3 heteroatoms. The summed E-state index contributed by atoms with van der Waals surface area (Å²) in [7, 11) is 1.87. The van der Waals surface area contributed by atoms with Crippen LogP contribution >= 0.6 is 0 Å². The molecule has 4 rings (SSSR count). The van der Waals surface area contributed by atoms with Crippen LogP contribution in [0.25, 0.3) is 0 Å². The Morgan fingerprint density at radius 1 is 1.26 bits per heavy atom. The van der Waals surface area contributed by atoms with Crippen LogP contribution < -0.4 is 5.32 Å². The summed E-state index contributed by atoms with van der Waals surface area (Å²) in [5.74, 6) is 1.58. The SMILES string of the molecule is CNCC(O)c1ccc(C2CN3CCC2CC3)cc1. The van der Waals surface area contributed by atoms with Gasteiger partial charge in [0, 0.05) is 13.1 Å². The number of hydrogen-bond acceptors (Lipinski definition) is 3. The van der Waals surface area contributed by atoms with E-state index in [-0.39, 0.29) is 0 Å². The molecule has 1 aromatic rings. The fourth-order valence-electron chi connectivity index (χ4n) is 3.62. The summed E-state index contributed by atoms with van der Waals surface area (Å²) in [4.78, 5) is 2.59. The van der Waals surface area contributed by atoms with Gasteiger partial charge in [0.2, 0.25) is 0 Å². The molecule has 0 spiro atoms. The number of piperidine rings is 3. The van der Waals surface area contributed by atoms with Crippen LogP contribution in [0.1, 0.15) is 36.0 Å². The number of aliphatic hydroxyl groups excluding tert-OH is 1. The minimum absolute atomic E-state index is 0.398. The van der Waals surface area contributed by atoms with Crippen molar-refractivity contribution in [2.24, 2.45) is 5.92 Å². The number of aliphatic hydroxyl groups is 1. The maximum absolute atomic E-state index is 9.96. The van der Waals surface area contributed by atoms with Gasteiger partial charge in [-0.15, -0.1) is 0 Å². The van der Waals surface area contributed by atoms with Crippen molar-refractivity contribution in [1.29, 1.82) is 0 Å². The number of hydrogen-bond donors (Lipinski definition) is 2. The summed E-state index contributed by atoms with van der Waals surface area (Å²) in [5.41, 5.74) is 2.47. The number of nitrogens with one attached hydrogen (secondary N) is 1. The van der Waals surface area contributed by atoms with Crippen LogP contribution in [0.2, 0.25) is 0 Å². The molecule has 3 saturated heterocycles. The minimum atomic E-state index is -0.398. The van der Waals surface area contributed by atoms with Crippen LogP contribution in [-0.2, 0) is 0 Å². The summed E-state index contributed by atoms with van der Waals surface area (Å²) in [5, 5.41) is 13.0. The molecule has 3 nitrogen and oxygen atoms in total. The second kappa shape index (κ2) is 5.61. The molecule has 2 atom stereocenters. The van der Waals surface area contributed by atoms with Gasteiger partial charge in [0.15, 0.2) is 0 Å². The third-order valence-electron chi connectivity index (χ3n) is 4.80. The van der Waals surface area contributed by atoms with Gasteiger partial charge in [0.25, 0.3) is 0 Å². The molecule has 0 aliphatic carbocycles. The monoisotopic (exact) mass is 260 g/mol. The third kappa shape index (κ3) is 2.69. The summed E-state index contributed by atoms with van der Waals surface area (Å²) < 4.78 is 0. The highest BCUT2D eigenvalue weighted by Gasteiger charge is 2.34. The van der Waals surface area contributed by atoms with Crippen LogP contribution in [0.4, 0.5) is 0 Å². The molecule has 19 heavy (non-hydrogen) atoms. The molecule has 2 bridgehead atoms. The zero-order valence-corrected chi connectivity index (χ0v) is 11.7. The fraction of sp³-hybridized carbons (Fsp3) is 0.625. The largest absolute Gasteiger partial charge is 0.387 e. The highest BCUT2D eigenvalue weighted by Crippen LogP contribution is 2.38. The zero-order valence-electron chi connectivity index (χ0n) is 11.7. The Balaban J connectivity index is 1.72. The van der Waals surface area contributed by atoms with Gasteiger partial charge in [-0.05, 0) is 55.9 Å². The van der Waals surface area contributed by atoms with E-state index >= 15 is 0 Å². The third-order valence-corrected chi connectivity index (χ3v) is 4.80. The van der Waals surface area contributed by atoms with E-state index in [1.807, 2.05) is 7.05 Å². The molecule has 3 fully saturated rings. The summed E-state index contributed by atoms with van der Waals surface area (Å²) in [6.07, 6.45) is 2.31. The summed E-state index contributed by atoms with van der Waals surface area (Å²) in [6, 6.07) is 8.63. The van der Waals surface area contributed by atoms with E-state index in [2.05, 4.69) is 34.5 Å². The molecule has 2 N–H and O–H groups in total. The second-order valence-electron chi connectivity index (χ2n) is 5.98. The summed E-state index contributed by atoms with van der Waals surface area (Å²) >= 11 is 0.